The summed E-state index contributed by atoms with van der Waals surface area (Å²) >= 11 is 16.8. The van der Waals surface area contributed by atoms with Gasteiger partial charge in [0.2, 0.25) is 0 Å². The van der Waals surface area contributed by atoms with Gasteiger partial charge in [0.1, 0.15) is 0 Å². The molecule has 0 fully saturated rings. The summed E-state index contributed by atoms with van der Waals surface area (Å²) in [5, 5.41) is 6.01. The lowest BCUT2D eigenvalue weighted by Gasteiger charge is -2.10. The van der Waals surface area contributed by atoms with Crippen LogP contribution < -0.4 is 10.6 Å². The Balaban J connectivity index is 2.04. The molecule has 9 heteroatoms. The molecule has 2 rings (SSSR count). The fourth-order valence-corrected chi connectivity index (χ4v) is 3.18. The molecule has 2 aromatic carbocycles. The molecule has 0 radical (unpaired) electrons. The number of sulfone groups is 1. The van der Waals surface area contributed by atoms with Gasteiger partial charge in [0, 0.05) is 27.6 Å². The molecule has 0 spiro atoms. The van der Waals surface area contributed by atoms with Crippen LogP contribution in [0.2, 0.25) is 10.0 Å². The van der Waals surface area contributed by atoms with Crippen molar-refractivity contribution in [1.82, 2.24) is 5.32 Å². The molecule has 5 nitrogen and oxygen atoms in total. The van der Waals surface area contributed by atoms with Crippen molar-refractivity contribution >= 4 is 62.0 Å². The quantitative estimate of drug-likeness (QED) is 0.767. The normalized spacial score (nSPS) is 11.0. The van der Waals surface area contributed by atoms with Crippen molar-refractivity contribution in [2.45, 2.75) is 4.90 Å². The number of nitrogens with one attached hydrogen (secondary N) is 2. The first-order valence-electron chi connectivity index (χ1n) is 6.54. The van der Waals surface area contributed by atoms with E-state index in [9.17, 15) is 13.2 Å². The van der Waals surface area contributed by atoms with Crippen molar-refractivity contribution in [2.75, 3.05) is 11.6 Å². The van der Waals surface area contributed by atoms with E-state index in [1.807, 2.05) is 0 Å². The van der Waals surface area contributed by atoms with Crippen molar-refractivity contribution in [3.8, 4) is 0 Å². The number of anilines is 1. The average Bonchev–Trinajstić information content (AvgIpc) is 2.45. The monoisotopic (exact) mass is 402 g/mol. The molecule has 0 aliphatic rings. The Labute approximate surface area is 154 Å². The minimum Gasteiger partial charge on any atom is -0.332 e. The van der Waals surface area contributed by atoms with Gasteiger partial charge in [0.05, 0.1) is 4.90 Å². The molecule has 1 amide bonds. The highest BCUT2D eigenvalue weighted by Gasteiger charge is 2.11. The van der Waals surface area contributed by atoms with E-state index >= 15 is 0 Å². The number of thiocarbonyl (C=S) groups is 1. The molecule has 24 heavy (non-hydrogen) atoms. The molecule has 0 bridgehead atoms. The zero-order valence-corrected chi connectivity index (χ0v) is 15.5. The number of rotatable bonds is 3. The average molecular weight is 403 g/mol. The van der Waals surface area contributed by atoms with E-state index in [0.29, 0.717) is 15.7 Å². The van der Waals surface area contributed by atoms with Crippen LogP contribution in [-0.4, -0.2) is 25.7 Å². The van der Waals surface area contributed by atoms with Crippen molar-refractivity contribution in [3.05, 3.63) is 58.1 Å². The third-order valence-electron chi connectivity index (χ3n) is 2.89. The third-order valence-corrected chi connectivity index (χ3v) is 4.66. The van der Waals surface area contributed by atoms with E-state index in [4.69, 9.17) is 35.4 Å². The van der Waals surface area contributed by atoms with Crippen LogP contribution in [0.15, 0.2) is 47.4 Å². The summed E-state index contributed by atoms with van der Waals surface area (Å²) in [5.74, 6) is -0.468. The largest absolute Gasteiger partial charge is 0.332 e. The Morgan fingerprint density at radius 2 is 1.58 bits per heavy atom. The summed E-state index contributed by atoms with van der Waals surface area (Å²) in [7, 11) is -3.27. The lowest BCUT2D eigenvalue weighted by Crippen LogP contribution is -2.34. The Hall–Kier alpha value is -1.67. The van der Waals surface area contributed by atoms with E-state index in [0.717, 1.165) is 6.26 Å². The lowest BCUT2D eigenvalue weighted by molar-refractivity contribution is 0.0977. The fraction of sp³-hybridized carbons (Fsp3) is 0.0667. The summed E-state index contributed by atoms with van der Waals surface area (Å²) in [6.07, 6.45) is 1.12. The van der Waals surface area contributed by atoms with Crippen LogP contribution in [0.4, 0.5) is 5.69 Å². The smallest absolute Gasteiger partial charge is 0.257 e. The van der Waals surface area contributed by atoms with Gasteiger partial charge in [-0.15, -0.1) is 0 Å². The van der Waals surface area contributed by atoms with E-state index in [2.05, 4.69) is 10.6 Å². The fourth-order valence-electron chi connectivity index (χ4n) is 1.81. The molecular weight excluding hydrogens is 391 g/mol. The van der Waals surface area contributed by atoms with E-state index in [1.165, 1.54) is 30.3 Å². The van der Waals surface area contributed by atoms with Gasteiger partial charge in [0.15, 0.2) is 14.9 Å². The molecule has 0 aromatic heterocycles. The Morgan fingerprint density at radius 1 is 1.04 bits per heavy atom. The standard InChI is InChI=1S/C15H12Cl2N2O3S2/c1-24(21,22)13-4-2-12(3-5-13)18-15(23)19-14(20)9-6-10(16)8-11(17)7-9/h2-8H,1H3,(H2,18,19,20,23). The second-order valence-corrected chi connectivity index (χ2v) is 8.16. The van der Waals surface area contributed by atoms with E-state index in [-0.39, 0.29) is 15.6 Å². The van der Waals surface area contributed by atoms with Crippen LogP contribution in [0, 0.1) is 0 Å². The number of halogens is 2. The van der Waals surface area contributed by atoms with Crippen molar-refractivity contribution in [2.24, 2.45) is 0 Å². The SMILES string of the molecule is CS(=O)(=O)c1ccc(NC(=S)NC(=O)c2cc(Cl)cc(Cl)c2)cc1. The first-order valence-corrected chi connectivity index (χ1v) is 9.59. The second-order valence-electron chi connectivity index (χ2n) is 4.86. The van der Waals surface area contributed by atoms with Crippen molar-refractivity contribution in [1.29, 1.82) is 0 Å². The summed E-state index contributed by atoms with van der Waals surface area (Å²) in [6, 6.07) is 10.4. The van der Waals surface area contributed by atoms with Crippen LogP contribution >= 0.6 is 35.4 Å². The molecule has 0 aliphatic heterocycles. The van der Waals surface area contributed by atoms with Gasteiger partial charge in [0.25, 0.3) is 5.91 Å². The van der Waals surface area contributed by atoms with Gasteiger partial charge >= 0.3 is 0 Å². The molecule has 0 heterocycles. The third kappa shape index (κ3) is 5.17. The van der Waals surface area contributed by atoms with Crippen LogP contribution in [0.25, 0.3) is 0 Å². The second kappa shape index (κ2) is 7.48. The maximum atomic E-state index is 12.1. The van der Waals surface area contributed by atoms with Gasteiger partial charge in [-0.2, -0.15) is 0 Å². The molecule has 2 aromatic rings. The predicted molar refractivity (Wildman–Crippen MR) is 99.7 cm³/mol. The molecule has 0 atom stereocenters. The number of amides is 1. The highest BCUT2D eigenvalue weighted by molar-refractivity contribution is 7.90. The molecule has 0 unspecified atom stereocenters. The number of benzene rings is 2. The van der Waals surface area contributed by atoms with Gasteiger partial charge < -0.3 is 5.32 Å². The number of carbonyl (C=O) groups excluding carboxylic acids is 1. The maximum Gasteiger partial charge on any atom is 0.257 e. The Morgan fingerprint density at radius 3 is 2.08 bits per heavy atom. The van der Waals surface area contributed by atoms with Crippen LogP contribution in [0.1, 0.15) is 10.4 Å². The van der Waals surface area contributed by atoms with E-state index < -0.39 is 15.7 Å². The molecule has 0 aliphatic carbocycles. The van der Waals surface area contributed by atoms with Crippen LogP contribution in [0.3, 0.4) is 0 Å². The molecule has 2 N–H and O–H groups in total. The van der Waals surface area contributed by atoms with Gasteiger partial charge in [-0.1, -0.05) is 23.2 Å². The highest BCUT2D eigenvalue weighted by atomic mass is 35.5. The Kier molecular flexibility index (Phi) is 5.82. The molecule has 0 saturated carbocycles. The molecule has 126 valence electrons. The maximum absolute atomic E-state index is 12.1. The highest BCUT2D eigenvalue weighted by Crippen LogP contribution is 2.19. The van der Waals surface area contributed by atoms with E-state index in [1.54, 1.807) is 12.1 Å². The number of hydrogen-bond donors (Lipinski definition) is 2. The zero-order chi connectivity index (χ0) is 17.9. The first kappa shape index (κ1) is 18.7. The molecule has 0 saturated heterocycles. The molecular formula is C15H12Cl2N2O3S2. The summed E-state index contributed by atoms with van der Waals surface area (Å²) in [4.78, 5) is 12.3. The topological polar surface area (TPSA) is 75.3 Å². The summed E-state index contributed by atoms with van der Waals surface area (Å²) in [5.41, 5.74) is 0.806. The lowest BCUT2D eigenvalue weighted by atomic mass is 10.2. The summed E-state index contributed by atoms with van der Waals surface area (Å²) in [6.45, 7) is 0. The van der Waals surface area contributed by atoms with Crippen molar-refractivity contribution < 1.29 is 13.2 Å². The summed E-state index contributed by atoms with van der Waals surface area (Å²) < 4.78 is 22.8. The van der Waals surface area contributed by atoms with Crippen LogP contribution in [0.5, 0.6) is 0 Å². The number of carbonyl (C=O) groups is 1. The zero-order valence-electron chi connectivity index (χ0n) is 12.3. The minimum absolute atomic E-state index is 0.0585. The first-order chi connectivity index (χ1) is 11.1. The van der Waals surface area contributed by atoms with Crippen LogP contribution in [-0.2, 0) is 9.84 Å². The van der Waals surface area contributed by atoms with Gasteiger partial charge in [-0.25, -0.2) is 8.42 Å². The Bertz CT molecular complexity index is 877. The van der Waals surface area contributed by atoms with Crippen molar-refractivity contribution in [3.63, 3.8) is 0 Å². The van der Waals surface area contributed by atoms with Gasteiger partial charge in [-0.3, -0.25) is 10.1 Å². The van der Waals surface area contributed by atoms with Gasteiger partial charge in [-0.05, 0) is 54.7 Å². The minimum atomic E-state index is -3.27. The number of hydrogen-bond acceptors (Lipinski definition) is 4. The predicted octanol–water partition coefficient (Wildman–Crippen LogP) is 3.52.